The Hall–Kier alpha value is -3.28. The lowest BCUT2D eigenvalue weighted by Gasteiger charge is -2.14. The molecule has 6 heteroatoms. The molecule has 0 fully saturated rings. The Morgan fingerprint density at radius 3 is 2.62 bits per heavy atom. The van der Waals surface area contributed by atoms with E-state index in [1.54, 1.807) is 25.7 Å². The fourth-order valence-corrected chi connectivity index (χ4v) is 2.63. The number of methoxy groups -OCH3 is 1. The van der Waals surface area contributed by atoms with Crippen LogP contribution in [-0.2, 0) is 22.6 Å². The molecule has 0 unspecified atom stereocenters. The van der Waals surface area contributed by atoms with Gasteiger partial charge in [0.1, 0.15) is 6.61 Å². The average molecular weight is 349 g/mol. The molecule has 2 heterocycles. The fourth-order valence-electron chi connectivity index (χ4n) is 2.63. The molecule has 132 valence electrons. The molecule has 26 heavy (non-hydrogen) atoms. The number of carbonyl (C=O) groups excluding carboxylic acids is 1. The highest BCUT2D eigenvalue weighted by atomic mass is 16.5. The van der Waals surface area contributed by atoms with Crippen LogP contribution in [0.4, 0.5) is 0 Å². The van der Waals surface area contributed by atoms with E-state index in [1.807, 2.05) is 36.4 Å². The largest absolute Gasteiger partial charge is 0.481 e. The Morgan fingerprint density at radius 1 is 1.15 bits per heavy atom. The minimum Gasteiger partial charge on any atom is -0.481 e. The molecule has 3 rings (SSSR count). The van der Waals surface area contributed by atoms with Gasteiger partial charge in [-0.2, -0.15) is 0 Å². The zero-order chi connectivity index (χ0) is 18.4. The van der Waals surface area contributed by atoms with Crippen molar-refractivity contribution in [3.8, 4) is 17.1 Å². The summed E-state index contributed by atoms with van der Waals surface area (Å²) >= 11 is 0. The van der Waals surface area contributed by atoms with Gasteiger partial charge < -0.3 is 9.47 Å². The first-order chi connectivity index (χ1) is 12.7. The van der Waals surface area contributed by atoms with E-state index < -0.39 is 0 Å². The van der Waals surface area contributed by atoms with E-state index in [0.717, 1.165) is 16.7 Å². The Morgan fingerprint density at radius 2 is 1.96 bits per heavy atom. The number of ether oxygens (including phenoxy) is 2. The number of rotatable bonds is 6. The van der Waals surface area contributed by atoms with Gasteiger partial charge >= 0.3 is 5.97 Å². The number of hydrogen-bond acceptors (Lipinski definition) is 6. The Balaban J connectivity index is 2.06. The van der Waals surface area contributed by atoms with Gasteiger partial charge in [-0.1, -0.05) is 30.3 Å². The molecule has 0 aliphatic rings. The first-order valence-electron chi connectivity index (χ1n) is 8.18. The van der Waals surface area contributed by atoms with Crippen LogP contribution in [0.3, 0.4) is 0 Å². The molecular weight excluding hydrogens is 330 g/mol. The van der Waals surface area contributed by atoms with E-state index in [1.165, 1.54) is 6.92 Å². The molecular formula is C20H19N3O3. The highest BCUT2D eigenvalue weighted by Gasteiger charge is 2.16. The highest BCUT2D eigenvalue weighted by Crippen LogP contribution is 2.29. The number of aromatic nitrogens is 3. The van der Waals surface area contributed by atoms with E-state index in [0.29, 0.717) is 23.7 Å². The summed E-state index contributed by atoms with van der Waals surface area (Å²) in [6.45, 7) is 1.41. The third-order valence-corrected chi connectivity index (χ3v) is 3.82. The molecule has 0 radical (unpaired) electrons. The number of carbonyl (C=O) groups is 1. The van der Waals surface area contributed by atoms with Crippen LogP contribution < -0.4 is 4.74 Å². The van der Waals surface area contributed by atoms with Crippen LogP contribution in [0, 0.1) is 0 Å². The molecule has 0 aliphatic heterocycles. The van der Waals surface area contributed by atoms with Crippen LogP contribution in [-0.4, -0.2) is 28.0 Å². The Kier molecular flexibility index (Phi) is 5.53. The van der Waals surface area contributed by atoms with E-state index in [4.69, 9.17) is 9.47 Å². The van der Waals surface area contributed by atoms with Crippen LogP contribution in [0.25, 0.3) is 11.3 Å². The van der Waals surface area contributed by atoms with Gasteiger partial charge in [-0.3, -0.25) is 14.8 Å². The third kappa shape index (κ3) is 4.22. The van der Waals surface area contributed by atoms with Crippen molar-refractivity contribution in [2.75, 3.05) is 7.11 Å². The van der Waals surface area contributed by atoms with Crippen LogP contribution in [0.1, 0.15) is 23.7 Å². The van der Waals surface area contributed by atoms with Crippen molar-refractivity contribution in [3.63, 3.8) is 0 Å². The molecule has 6 nitrogen and oxygen atoms in total. The van der Waals surface area contributed by atoms with Crippen LogP contribution in [0.2, 0.25) is 0 Å². The standard InChI is InChI=1S/C20H19N3O3/c1-14(24)26-13-19-17(18-12-21-8-9-22-18)11-16(20(23-19)25-2)10-15-6-4-3-5-7-15/h3-9,11-12H,10,13H2,1-2H3. The van der Waals surface area contributed by atoms with Crippen molar-refractivity contribution in [1.29, 1.82) is 0 Å². The number of hydrogen-bond donors (Lipinski definition) is 0. The number of nitrogens with zero attached hydrogens (tertiary/aromatic N) is 3. The minimum absolute atomic E-state index is 0.0449. The van der Waals surface area contributed by atoms with E-state index in [-0.39, 0.29) is 12.6 Å². The summed E-state index contributed by atoms with van der Waals surface area (Å²) in [7, 11) is 1.58. The second-order valence-corrected chi connectivity index (χ2v) is 5.68. The van der Waals surface area contributed by atoms with Gasteiger partial charge in [-0.05, 0) is 11.6 Å². The SMILES string of the molecule is COc1nc(COC(C)=O)c(-c2cnccn2)cc1Cc1ccccc1. The van der Waals surface area contributed by atoms with Gasteiger partial charge in [0.05, 0.1) is 24.7 Å². The lowest BCUT2D eigenvalue weighted by Crippen LogP contribution is -2.07. The smallest absolute Gasteiger partial charge is 0.303 e. The first kappa shape index (κ1) is 17.5. The van der Waals surface area contributed by atoms with Gasteiger partial charge in [-0.15, -0.1) is 0 Å². The van der Waals surface area contributed by atoms with Crippen LogP contribution in [0.15, 0.2) is 55.0 Å². The van der Waals surface area contributed by atoms with E-state index in [9.17, 15) is 4.79 Å². The monoisotopic (exact) mass is 349 g/mol. The summed E-state index contributed by atoms with van der Waals surface area (Å²) in [5.41, 5.74) is 4.08. The third-order valence-electron chi connectivity index (χ3n) is 3.82. The summed E-state index contributed by atoms with van der Waals surface area (Å²) in [6.07, 6.45) is 5.55. The highest BCUT2D eigenvalue weighted by molar-refractivity contribution is 5.67. The van der Waals surface area contributed by atoms with Gasteiger partial charge in [-0.25, -0.2) is 4.98 Å². The average Bonchev–Trinajstić information content (AvgIpc) is 2.68. The lowest BCUT2D eigenvalue weighted by atomic mass is 10.0. The fraction of sp³-hybridized carbons (Fsp3) is 0.200. The lowest BCUT2D eigenvalue weighted by molar-refractivity contribution is -0.142. The van der Waals surface area contributed by atoms with Crippen LogP contribution in [0.5, 0.6) is 5.88 Å². The first-order valence-corrected chi connectivity index (χ1v) is 8.18. The maximum atomic E-state index is 11.2. The summed E-state index contributed by atoms with van der Waals surface area (Å²) in [6, 6.07) is 12.0. The van der Waals surface area contributed by atoms with E-state index in [2.05, 4.69) is 15.0 Å². The Labute approximate surface area is 151 Å². The predicted molar refractivity (Wildman–Crippen MR) is 96.5 cm³/mol. The topological polar surface area (TPSA) is 74.2 Å². The summed E-state index contributed by atoms with van der Waals surface area (Å²) in [5.74, 6) is 0.132. The van der Waals surface area contributed by atoms with Gasteiger partial charge in [0, 0.05) is 36.9 Å². The molecule has 0 saturated heterocycles. The maximum absolute atomic E-state index is 11.2. The molecule has 0 atom stereocenters. The van der Waals surface area contributed by atoms with Gasteiger partial charge in [0.15, 0.2) is 0 Å². The number of benzene rings is 1. The molecule has 0 aliphatic carbocycles. The minimum atomic E-state index is -0.371. The molecule has 3 aromatic rings. The molecule has 0 amide bonds. The molecule has 2 aromatic heterocycles. The van der Waals surface area contributed by atoms with Crippen LogP contribution >= 0.6 is 0 Å². The van der Waals surface area contributed by atoms with Crippen molar-refractivity contribution in [2.45, 2.75) is 20.0 Å². The van der Waals surface area contributed by atoms with Crippen molar-refractivity contribution in [3.05, 3.63) is 71.8 Å². The van der Waals surface area contributed by atoms with Crippen molar-refractivity contribution >= 4 is 5.97 Å². The normalized spacial score (nSPS) is 10.4. The second-order valence-electron chi connectivity index (χ2n) is 5.68. The molecule has 0 N–H and O–H groups in total. The maximum Gasteiger partial charge on any atom is 0.303 e. The summed E-state index contributed by atoms with van der Waals surface area (Å²) in [4.78, 5) is 24.3. The van der Waals surface area contributed by atoms with Gasteiger partial charge in [0.25, 0.3) is 0 Å². The van der Waals surface area contributed by atoms with Crippen molar-refractivity contribution < 1.29 is 14.3 Å². The predicted octanol–water partition coefficient (Wildman–Crippen LogP) is 3.20. The van der Waals surface area contributed by atoms with Crippen molar-refractivity contribution in [2.24, 2.45) is 0 Å². The zero-order valence-electron chi connectivity index (χ0n) is 14.7. The molecule has 0 spiro atoms. The quantitative estimate of drug-likeness (QED) is 0.636. The second kappa shape index (κ2) is 8.20. The number of pyridine rings is 1. The van der Waals surface area contributed by atoms with E-state index >= 15 is 0 Å². The molecule has 1 aromatic carbocycles. The zero-order valence-corrected chi connectivity index (χ0v) is 14.7. The molecule has 0 saturated carbocycles. The molecule has 0 bridgehead atoms. The van der Waals surface area contributed by atoms with Crippen molar-refractivity contribution in [1.82, 2.24) is 15.0 Å². The summed E-state index contributed by atoms with van der Waals surface area (Å²) < 4.78 is 10.6. The van der Waals surface area contributed by atoms with Gasteiger partial charge in [0.2, 0.25) is 5.88 Å². The summed E-state index contributed by atoms with van der Waals surface area (Å²) in [5, 5.41) is 0. The Bertz CT molecular complexity index is 884. The number of esters is 1.